The molecule has 0 atom stereocenters. The van der Waals surface area contributed by atoms with Crippen molar-refractivity contribution < 1.29 is 18.9 Å². The third-order valence-corrected chi connectivity index (χ3v) is 5.57. The quantitative estimate of drug-likeness (QED) is 0.197. The van der Waals surface area contributed by atoms with E-state index in [0.717, 1.165) is 9.15 Å². The van der Waals surface area contributed by atoms with Gasteiger partial charge >= 0.3 is 0 Å². The van der Waals surface area contributed by atoms with Gasteiger partial charge in [0.25, 0.3) is 17.1 Å². The van der Waals surface area contributed by atoms with Gasteiger partial charge in [-0.2, -0.15) is 4.68 Å². The van der Waals surface area contributed by atoms with Crippen LogP contribution < -0.4 is 15.7 Å². The summed E-state index contributed by atoms with van der Waals surface area (Å²) in [6.45, 7) is 0. The molecular weight excluding hydrogens is 538 g/mol. The highest BCUT2D eigenvalue weighted by atomic mass is 79.9. The normalized spacial score (nSPS) is 11.2. The number of halogens is 1. The Balaban J connectivity index is 1.81. The smallest absolute Gasteiger partial charge is 0.279 e. The van der Waals surface area contributed by atoms with Crippen LogP contribution in [0.3, 0.4) is 0 Å². The fraction of sp³-hybridized carbons (Fsp3) is 0.0435. The average molecular weight is 554 g/mol. The van der Waals surface area contributed by atoms with Crippen LogP contribution in [-0.4, -0.2) is 27.7 Å². The molecule has 0 bridgehead atoms. The third-order valence-electron chi connectivity index (χ3n) is 4.73. The largest absolute Gasteiger partial charge is 0.497 e. The number of anilines is 1. The van der Waals surface area contributed by atoms with Crippen LogP contribution in [0.1, 0.15) is 10.4 Å². The molecule has 176 valence electrons. The van der Waals surface area contributed by atoms with Crippen molar-refractivity contribution in [3.63, 3.8) is 0 Å². The van der Waals surface area contributed by atoms with Gasteiger partial charge in [-0.05, 0) is 54.6 Å². The maximum Gasteiger partial charge on any atom is 0.279 e. The first-order chi connectivity index (χ1) is 16.9. The Hall–Kier alpha value is -4.16. The van der Waals surface area contributed by atoms with Gasteiger partial charge in [0.05, 0.1) is 17.7 Å². The van der Waals surface area contributed by atoms with Crippen molar-refractivity contribution >= 4 is 45.4 Å². The van der Waals surface area contributed by atoms with Crippen molar-refractivity contribution in [1.29, 1.82) is 0 Å². The molecule has 35 heavy (non-hydrogen) atoms. The number of nitrogens with one attached hydrogen (secondary N) is 1. The number of non-ortho nitro benzene ring substituents is 1. The van der Waals surface area contributed by atoms with E-state index in [1.807, 2.05) is 6.07 Å². The molecule has 0 amide bonds. The Labute approximate surface area is 211 Å². The number of carbonyl (C=O) groups excluding carboxylic acids is 1. The number of rotatable bonds is 6. The van der Waals surface area contributed by atoms with Gasteiger partial charge in [0.2, 0.25) is 5.89 Å². The molecule has 0 fully saturated rings. The van der Waals surface area contributed by atoms with Crippen molar-refractivity contribution in [3.05, 3.63) is 103 Å². The summed E-state index contributed by atoms with van der Waals surface area (Å²) < 4.78 is 12.6. The number of aromatic nitrogens is 2. The highest BCUT2D eigenvalue weighted by Crippen LogP contribution is 2.21. The molecule has 1 N–H and O–H groups in total. The van der Waals surface area contributed by atoms with Crippen molar-refractivity contribution in [1.82, 2.24) is 9.78 Å². The second-order valence-electron chi connectivity index (χ2n) is 7.00. The van der Waals surface area contributed by atoms with Crippen molar-refractivity contribution in [2.24, 2.45) is 5.10 Å². The van der Waals surface area contributed by atoms with E-state index >= 15 is 0 Å². The molecule has 0 aliphatic heterocycles. The zero-order chi connectivity index (χ0) is 24.9. The molecule has 12 heteroatoms. The highest BCUT2D eigenvalue weighted by molar-refractivity contribution is 9.10. The zero-order valence-electron chi connectivity index (χ0n) is 18.0. The number of methoxy groups -OCH3 is 1. The molecular formula is C23H16BrN5O5S. The van der Waals surface area contributed by atoms with Gasteiger partial charge in [-0.1, -0.05) is 34.2 Å². The van der Waals surface area contributed by atoms with E-state index in [9.17, 15) is 14.9 Å². The summed E-state index contributed by atoms with van der Waals surface area (Å²) in [5, 5.41) is 19.5. The lowest BCUT2D eigenvalue weighted by Gasteiger charge is -2.08. The molecule has 4 rings (SSSR count). The second-order valence-corrected chi connectivity index (χ2v) is 8.30. The Kier molecular flexibility index (Phi) is 7.13. The van der Waals surface area contributed by atoms with E-state index in [1.54, 1.807) is 49.6 Å². The van der Waals surface area contributed by atoms with E-state index in [-0.39, 0.29) is 27.3 Å². The molecule has 4 aromatic rings. The fourth-order valence-corrected chi connectivity index (χ4v) is 3.57. The molecule has 0 saturated carbocycles. The number of benzene rings is 3. The van der Waals surface area contributed by atoms with Gasteiger partial charge in [0, 0.05) is 27.7 Å². The molecule has 0 radical (unpaired) electrons. The lowest BCUT2D eigenvalue weighted by Crippen LogP contribution is -2.24. The molecule has 0 aliphatic rings. The molecule has 10 nitrogen and oxygen atoms in total. The van der Waals surface area contributed by atoms with E-state index < -0.39 is 10.8 Å². The second kappa shape index (κ2) is 10.4. The van der Waals surface area contributed by atoms with Crippen LogP contribution in [0.15, 0.2) is 86.8 Å². The van der Waals surface area contributed by atoms with Crippen molar-refractivity contribution in [3.8, 4) is 17.2 Å². The van der Waals surface area contributed by atoms with E-state index in [2.05, 4.69) is 31.6 Å². The fourth-order valence-electron chi connectivity index (χ4n) is 2.96. The van der Waals surface area contributed by atoms with Crippen LogP contribution in [0.2, 0.25) is 0 Å². The Morgan fingerprint density at radius 1 is 1.17 bits per heavy atom. The highest BCUT2D eigenvalue weighted by Gasteiger charge is 2.17. The number of hydrogen-bond acceptors (Lipinski definition) is 9. The summed E-state index contributed by atoms with van der Waals surface area (Å²) in [4.78, 5) is 23.6. The number of ether oxygens (including phenoxy) is 1. The van der Waals surface area contributed by atoms with E-state index in [0.29, 0.717) is 17.0 Å². The first kappa shape index (κ1) is 24.0. The molecule has 0 unspecified atom stereocenters. The van der Waals surface area contributed by atoms with Gasteiger partial charge in [0.1, 0.15) is 5.75 Å². The molecule has 0 spiro atoms. The molecule has 1 heterocycles. The zero-order valence-corrected chi connectivity index (χ0v) is 20.4. The van der Waals surface area contributed by atoms with Crippen LogP contribution in [0.4, 0.5) is 11.4 Å². The summed E-state index contributed by atoms with van der Waals surface area (Å²) in [7, 11) is 1.57. The van der Waals surface area contributed by atoms with Crippen LogP contribution in [0, 0.1) is 14.8 Å². The minimum Gasteiger partial charge on any atom is -0.497 e. The maximum absolute atomic E-state index is 13.2. The summed E-state index contributed by atoms with van der Waals surface area (Å²) in [5.41, 5.74) is 3.99. The van der Waals surface area contributed by atoms with E-state index in [1.165, 1.54) is 24.3 Å². The van der Waals surface area contributed by atoms with Crippen LogP contribution in [-0.2, 0) is 0 Å². The maximum atomic E-state index is 13.2. The van der Waals surface area contributed by atoms with E-state index in [4.69, 9.17) is 21.4 Å². The SMILES string of the molecule is COc1ccc(N/N=c2/oc(-c3cccc(Br)c3)nn(C(=O)c3ccc([N+](=O)[O-])cc3)c2=S)cc1. The van der Waals surface area contributed by atoms with Crippen LogP contribution >= 0.6 is 28.1 Å². The molecule has 1 aromatic heterocycles. The predicted molar refractivity (Wildman–Crippen MR) is 133 cm³/mol. The summed E-state index contributed by atoms with van der Waals surface area (Å²) in [5.74, 6) is 0.167. The van der Waals surface area contributed by atoms with Crippen molar-refractivity contribution in [2.45, 2.75) is 0 Å². The standard InChI is InChI=1S/C23H16BrN5O5S/c1-33-19-11-7-17(8-12-19)25-26-21-23(35)28(22(30)14-5-9-18(10-6-14)29(31)32)27-20(34-21)15-3-2-4-16(24)13-15/h2-13,25H,1H3/b26-21+. The van der Waals surface area contributed by atoms with Crippen molar-refractivity contribution in [2.75, 3.05) is 12.5 Å². The minimum absolute atomic E-state index is 0.0592. The van der Waals surface area contributed by atoms with Gasteiger partial charge in [-0.15, -0.1) is 10.2 Å². The minimum atomic E-state index is -0.599. The molecule has 0 aliphatic carbocycles. The first-order valence-electron chi connectivity index (χ1n) is 9.99. The van der Waals surface area contributed by atoms with Crippen LogP contribution in [0.25, 0.3) is 11.5 Å². The summed E-state index contributed by atoms with van der Waals surface area (Å²) >= 11 is 8.84. The monoisotopic (exact) mass is 553 g/mol. The lowest BCUT2D eigenvalue weighted by atomic mass is 10.2. The number of hydrogen-bond donors (Lipinski definition) is 1. The average Bonchev–Trinajstić information content (AvgIpc) is 2.88. The summed E-state index contributed by atoms with van der Waals surface area (Å²) in [6, 6.07) is 19.3. The Morgan fingerprint density at radius 3 is 2.51 bits per heavy atom. The Morgan fingerprint density at radius 2 is 1.89 bits per heavy atom. The van der Waals surface area contributed by atoms with Gasteiger partial charge in [0.15, 0.2) is 4.64 Å². The number of carbonyl (C=O) groups is 1. The molecule has 3 aromatic carbocycles. The van der Waals surface area contributed by atoms with Crippen LogP contribution in [0.5, 0.6) is 5.75 Å². The van der Waals surface area contributed by atoms with Gasteiger partial charge in [-0.3, -0.25) is 20.3 Å². The molecule has 0 saturated heterocycles. The number of nitro benzene ring substituents is 1. The third kappa shape index (κ3) is 5.50. The lowest BCUT2D eigenvalue weighted by molar-refractivity contribution is -0.384. The summed E-state index contributed by atoms with van der Waals surface area (Å²) in [6.07, 6.45) is 0. The first-order valence-corrected chi connectivity index (χ1v) is 11.2. The number of nitrogens with zero attached hydrogens (tertiary/aromatic N) is 4. The number of nitro groups is 1. The van der Waals surface area contributed by atoms with Gasteiger partial charge in [-0.25, -0.2) is 0 Å². The Bertz CT molecular complexity index is 1530. The van der Waals surface area contributed by atoms with Gasteiger partial charge < -0.3 is 9.15 Å². The predicted octanol–water partition coefficient (Wildman–Crippen LogP) is 5.17. The topological polar surface area (TPSA) is 125 Å².